The van der Waals surface area contributed by atoms with Gasteiger partial charge in [-0.2, -0.15) is 4.98 Å². The minimum atomic E-state index is -3.19. The van der Waals surface area contributed by atoms with Crippen LogP contribution in [0.3, 0.4) is 0 Å². The van der Waals surface area contributed by atoms with Crippen molar-refractivity contribution < 1.29 is 17.9 Å². The number of ether oxygens (including phenoxy) is 2. The smallest absolute Gasteiger partial charge is 0.348 e. The number of aromatic nitrogens is 2. The van der Waals surface area contributed by atoms with Crippen LogP contribution in [-0.4, -0.2) is 44.2 Å². The minimum Gasteiger partial charge on any atom is -0.493 e. The highest BCUT2D eigenvalue weighted by Crippen LogP contribution is 2.32. The van der Waals surface area contributed by atoms with E-state index in [0.717, 1.165) is 6.26 Å². The van der Waals surface area contributed by atoms with Crippen molar-refractivity contribution in [1.82, 2.24) is 9.55 Å². The topological polar surface area (TPSA) is 87.5 Å². The molecule has 1 heterocycles. The molecule has 0 fully saturated rings. The van der Waals surface area contributed by atoms with Crippen LogP contribution in [-0.2, 0) is 16.4 Å². The lowest BCUT2D eigenvalue weighted by Gasteiger charge is -2.14. The van der Waals surface area contributed by atoms with E-state index in [-0.39, 0.29) is 12.3 Å². The maximum atomic E-state index is 12.1. The van der Waals surface area contributed by atoms with Gasteiger partial charge in [-0.25, -0.2) is 13.2 Å². The molecular weight excluding hydrogens is 308 g/mol. The highest BCUT2D eigenvalue weighted by atomic mass is 32.2. The highest BCUT2D eigenvalue weighted by Gasteiger charge is 2.14. The number of methoxy groups -OCH3 is 2. The maximum Gasteiger partial charge on any atom is 0.348 e. The zero-order valence-electron chi connectivity index (χ0n) is 12.9. The first-order chi connectivity index (χ1) is 10.3. The second-order valence-corrected chi connectivity index (χ2v) is 7.25. The van der Waals surface area contributed by atoms with Gasteiger partial charge in [-0.15, -0.1) is 0 Å². The number of hydrogen-bond donors (Lipinski definition) is 0. The van der Waals surface area contributed by atoms with E-state index < -0.39 is 15.5 Å². The third-order valence-electron chi connectivity index (χ3n) is 3.36. The average molecular weight is 326 g/mol. The number of aryl methyl sites for hydroxylation is 2. The third-order valence-corrected chi connectivity index (χ3v) is 4.29. The molecule has 120 valence electrons. The molecule has 7 nitrogen and oxygen atoms in total. The largest absolute Gasteiger partial charge is 0.493 e. The summed E-state index contributed by atoms with van der Waals surface area (Å²) < 4.78 is 34.6. The van der Waals surface area contributed by atoms with Gasteiger partial charge in [0.05, 0.1) is 31.2 Å². The average Bonchev–Trinajstić information content (AvgIpc) is 2.44. The van der Waals surface area contributed by atoms with E-state index in [1.165, 1.54) is 18.8 Å². The molecule has 0 bridgehead atoms. The van der Waals surface area contributed by atoms with Crippen LogP contribution in [0.4, 0.5) is 0 Å². The zero-order valence-corrected chi connectivity index (χ0v) is 13.7. The van der Waals surface area contributed by atoms with E-state index in [0.29, 0.717) is 28.1 Å². The van der Waals surface area contributed by atoms with Crippen molar-refractivity contribution in [2.75, 3.05) is 26.2 Å². The van der Waals surface area contributed by atoms with Gasteiger partial charge in [-0.1, -0.05) is 0 Å². The molecule has 0 saturated carbocycles. The van der Waals surface area contributed by atoms with E-state index in [4.69, 9.17) is 9.47 Å². The SMILES string of the molecule is COc1cc2c(C)nc(=O)n(CCS(C)(=O)=O)c2cc1OC. The van der Waals surface area contributed by atoms with Gasteiger partial charge >= 0.3 is 5.69 Å². The second-order valence-electron chi connectivity index (χ2n) is 4.99. The van der Waals surface area contributed by atoms with Crippen molar-refractivity contribution in [3.05, 3.63) is 28.3 Å². The quantitative estimate of drug-likeness (QED) is 0.806. The number of hydrogen-bond acceptors (Lipinski definition) is 6. The predicted molar refractivity (Wildman–Crippen MR) is 83.6 cm³/mol. The Hall–Kier alpha value is -2.09. The van der Waals surface area contributed by atoms with Crippen molar-refractivity contribution in [1.29, 1.82) is 0 Å². The van der Waals surface area contributed by atoms with Gasteiger partial charge in [-0.3, -0.25) is 4.57 Å². The van der Waals surface area contributed by atoms with Crippen LogP contribution in [0.5, 0.6) is 11.5 Å². The van der Waals surface area contributed by atoms with Gasteiger partial charge in [0.25, 0.3) is 0 Å². The first-order valence-corrected chi connectivity index (χ1v) is 8.63. The lowest BCUT2D eigenvalue weighted by atomic mass is 10.1. The molecule has 0 spiro atoms. The molecule has 0 saturated heterocycles. The Morgan fingerprint density at radius 2 is 1.77 bits per heavy atom. The Kier molecular flexibility index (Phi) is 4.41. The number of rotatable bonds is 5. The standard InChI is InChI=1S/C14H18N2O5S/c1-9-10-7-12(20-2)13(21-3)8-11(10)16(14(17)15-9)5-6-22(4,18)19/h7-8H,5-6H2,1-4H3. The molecule has 8 heteroatoms. The summed E-state index contributed by atoms with van der Waals surface area (Å²) in [6.07, 6.45) is 1.13. The van der Waals surface area contributed by atoms with Gasteiger partial charge in [0.15, 0.2) is 11.5 Å². The van der Waals surface area contributed by atoms with E-state index >= 15 is 0 Å². The predicted octanol–water partition coefficient (Wildman–Crippen LogP) is 0.767. The van der Waals surface area contributed by atoms with Gasteiger partial charge in [0.1, 0.15) is 9.84 Å². The molecule has 2 rings (SSSR count). The first kappa shape index (κ1) is 16.3. The van der Waals surface area contributed by atoms with Crippen LogP contribution in [0.25, 0.3) is 10.9 Å². The van der Waals surface area contributed by atoms with Crippen molar-refractivity contribution in [2.24, 2.45) is 0 Å². The minimum absolute atomic E-state index is 0.0386. The molecular formula is C14H18N2O5S. The van der Waals surface area contributed by atoms with Crippen LogP contribution in [0.1, 0.15) is 5.69 Å². The van der Waals surface area contributed by atoms with Crippen molar-refractivity contribution in [2.45, 2.75) is 13.5 Å². The fourth-order valence-corrected chi connectivity index (χ4v) is 2.74. The summed E-state index contributed by atoms with van der Waals surface area (Å²) in [7, 11) is -0.173. The second kappa shape index (κ2) is 5.96. The van der Waals surface area contributed by atoms with E-state index in [2.05, 4.69) is 4.98 Å². The summed E-state index contributed by atoms with van der Waals surface area (Å²) in [5, 5.41) is 0.714. The van der Waals surface area contributed by atoms with Gasteiger partial charge in [0.2, 0.25) is 0 Å². The Balaban J connectivity index is 2.72. The number of nitrogens with zero attached hydrogens (tertiary/aromatic N) is 2. The summed E-state index contributed by atoms with van der Waals surface area (Å²) in [6.45, 7) is 1.76. The number of fused-ring (bicyclic) bond motifs is 1. The lowest BCUT2D eigenvalue weighted by molar-refractivity contribution is 0.355. The van der Waals surface area contributed by atoms with E-state index in [9.17, 15) is 13.2 Å². The zero-order chi connectivity index (χ0) is 16.5. The first-order valence-electron chi connectivity index (χ1n) is 6.57. The summed E-state index contributed by atoms with van der Waals surface area (Å²) in [5.41, 5.74) is 0.635. The Morgan fingerprint density at radius 1 is 1.18 bits per heavy atom. The van der Waals surface area contributed by atoms with E-state index in [1.807, 2.05) is 0 Å². The van der Waals surface area contributed by atoms with Crippen molar-refractivity contribution >= 4 is 20.7 Å². The number of sulfone groups is 1. The molecule has 0 amide bonds. The summed E-state index contributed by atoms with van der Waals surface area (Å²) in [6, 6.07) is 3.39. The Bertz CT molecular complexity index is 871. The van der Waals surface area contributed by atoms with Gasteiger partial charge < -0.3 is 9.47 Å². The van der Waals surface area contributed by atoms with Crippen LogP contribution < -0.4 is 15.2 Å². The number of benzene rings is 1. The fraction of sp³-hybridized carbons (Fsp3) is 0.429. The molecule has 0 N–H and O–H groups in total. The molecule has 0 radical (unpaired) electrons. The summed E-state index contributed by atoms with van der Waals surface area (Å²) >= 11 is 0. The molecule has 22 heavy (non-hydrogen) atoms. The molecule has 0 unspecified atom stereocenters. The van der Waals surface area contributed by atoms with Crippen molar-refractivity contribution in [3.63, 3.8) is 0 Å². The normalized spacial score (nSPS) is 11.6. The van der Waals surface area contributed by atoms with Crippen LogP contribution in [0.2, 0.25) is 0 Å². The monoisotopic (exact) mass is 326 g/mol. The van der Waals surface area contributed by atoms with Gasteiger partial charge in [-0.05, 0) is 13.0 Å². The summed E-state index contributed by atoms with van der Waals surface area (Å²) in [4.78, 5) is 16.1. The lowest BCUT2D eigenvalue weighted by Crippen LogP contribution is -2.27. The Labute approximate surface area is 128 Å². The molecule has 0 aliphatic rings. The van der Waals surface area contributed by atoms with Gasteiger partial charge in [0, 0.05) is 24.3 Å². The van der Waals surface area contributed by atoms with E-state index in [1.54, 1.807) is 19.1 Å². The van der Waals surface area contributed by atoms with Crippen LogP contribution >= 0.6 is 0 Å². The van der Waals surface area contributed by atoms with Crippen LogP contribution in [0.15, 0.2) is 16.9 Å². The molecule has 0 atom stereocenters. The third kappa shape index (κ3) is 3.22. The molecule has 1 aromatic heterocycles. The fourth-order valence-electron chi connectivity index (χ4n) is 2.22. The summed E-state index contributed by atoms with van der Waals surface area (Å²) in [5.74, 6) is 0.850. The molecule has 0 aliphatic carbocycles. The van der Waals surface area contributed by atoms with Crippen molar-refractivity contribution in [3.8, 4) is 11.5 Å². The highest BCUT2D eigenvalue weighted by molar-refractivity contribution is 7.90. The maximum absolute atomic E-state index is 12.1. The molecule has 2 aromatic rings. The molecule has 1 aromatic carbocycles. The van der Waals surface area contributed by atoms with Crippen LogP contribution in [0, 0.1) is 6.92 Å². The Morgan fingerprint density at radius 3 is 2.32 bits per heavy atom. The molecule has 0 aliphatic heterocycles.